The lowest BCUT2D eigenvalue weighted by Crippen LogP contribution is -2.21. The summed E-state index contributed by atoms with van der Waals surface area (Å²) in [4.78, 5) is 10.5. The molecule has 15 heavy (non-hydrogen) atoms. The third-order valence-electron chi connectivity index (χ3n) is 2.50. The van der Waals surface area contributed by atoms with Crippen molar-refractivity contribution in [1.29, 1.82) is 0 Å². The lowest BCUT2D eigenvalue weighted by atomic mass is 9.88. The smallest absolute Gasteiger partial charge is 0.308 e. The van der Waals surface area contributed by atoms with Crippen LogP contribution in [0.3, 0.4) is 0 Å². The zero-order valence-corrected chi connectivity index (χ0v) is 8.57. The Morgan fingerprint density at radius 3 is 2.80 bits per heavy atom. The second kappa shape index (κ2) is 3.45. The molecule has 78 valence electrons. The van der Waals surface area contributed by atoms with E-state index in [1.165, 1.54) is 0 Å². The van der Waals surface area contributed by atoms with Crippen molar-refractivity contribution in [3.63, 3.8) is 0 Å². The molecule has 1 heterocycles. The number of rotatable bonds is 1. The minimum atomic E-state index is -0.421. The second-order valence-electron chi connectivity index (χ2n) is 3.45. The summed E-state index contributed by atoms with van der Waals surface area (Å²) in [5.41, 5.74) is 1.49. The number of fused-ring (bicyclic) bond motifs is 1. The number of hydrogen-bond acceptors (Lipinski definition) is 4. The number of hydrogen-bond donors (Lipinski definition) is 0. The van der Waals surface area contributed by atoms with Crippen LogP contribution in [0, 0.1) is 17.0 Å². The van der Waals surface area contributed by atoms with Crippen molar-refractivity contribution in [3.05, 3.63) is 21.7 Å². The fraction of sp³-hybridized carbons (Fsp3) is 0.333. The van der Waals surface area contributed by atoms with E-state index in [0.717, 1.165) is 5.56 Å². The van der Waals surface area contributed by atoms with E-state index < -0.39 is 4.92 Å². The van der Waals surface area contributed by atoms with Crippen LogP contribution in [0.2, 0.25) is 0 Å². The molecule has 2 rings (SSSR count). The first-order valence-electron chi connectivity index (χ1n) is 4.65. The molecule has 1 aliphatic heterocycles. The summed E-state index contributed by atoms with van der Waals surface area (Å²) < 4.78 is 10.6. The first-order chi connectivity index (χ1) is 7.11. The van der Waals surface area contributed by atoms with Gasteiger partial charge < -0.3 is 9.47 Å². The fourth-order valence-corrected chi connectivity index (χ4v) is 1.61. The van der Waals surface area contributed by atoms with Crippen LogP contribution in [0.1, 0.15) is 5.56 Å². The largest absolute Gasteiger partial charge is 0.486 e. The number of ether oxygens (including phenoxy) is 2. The number of nitro groups is 1. The summed E-state index contributed by atoms with van der Waals surface area (Å²) in [6.45, 7) is 2.61. The molecule has 0 spiro atoms. The van der Waals surface area contributed by atoms with Crippen LogP contribution in [-0.2, 0) is 0 Å². The van der Waals surface area contributed by atoms with Crippen LogP contribution in [0.4, 0.5) is 5.69 Å². The summed E-state index contributed by atoms with van der Waals surface area (Å²) in [6.07, 6.45) is 0. The lowest BCUT2D eigenvalue weighted by Gasteiger charge is -2.19. The average Bonchev–Trinajstić information content (AvgIpc) is 2.19. The van der Waals surface area contributed by atoms with Gasteiger partial charge in [0.2, 0.25) is 5.75 Å². The molecule has 0 unspecified atom stereocenters. The van der Waals surface area contributed by atoms with Gasteiger partial charge in [-0.25, -0.2) is 0 Å². The maximum absolute atomic E-state index is 10.9. The van der Waals surface area contributed by atoms with E-state index in [1.54, 1.807) is 13.9 Å². The molecule has 0 aromatic heterocycles. The summed E-state index contributed by atoms with van der Waals surface area (Å²) in [6, 6.07) is 1.77. The Labute approximate surface area is 87.6 Å². The van der Waals surface area contributed by atoms with Crippen LogP contribution < -0.4 is 14.9 Å². The van der Waals surface area contributed by atoms with Crippen LogP contribution in [0.25, 0.3) is 0 Å². The molecule has 0 N–H and O–H groups in total. The van der Waals surface area contributed by atoms with Gasteiger partial charge >= 0.3 is 5.69 Å². The fourth-order valence-electron chi connectivity index (χ4n) is 1.61. The van der Waals surface area contributed by atoms with E-state index in [-0.39, 0.29) is 11.4 Å². The van der Waals surface area contributed by atoms with Crippen molar-refractivity contribution < 1.29 is 14.4 Å². The van der Waals surface area contributed by atoms with Gasteiger partial charge in [-0.15, -0.1) is 0 Å². The highest BCUT2D eigenvalue weighted by Gasteiger charge is 2.27. The van der Waals surface area contributed by atoms with Gasteiger partial charge in [-0.1, -0.05) is 0 Å². The predicted molar refractivity (Wildman–Crippen MR) is 57.0 cm³/mol. The molecule has 6 heteroatoms. The Morgan fingerprint density at radius 2 is 2.13 bits per heavy atom. The van der Waals surface area contributed by atoms with Crippen molar-refractivity contribution >= 4 is 19.0 Å². The number of nitrogens with zero attached hydrogens (tertiary/aromatic N) is 1. The highest BCUT2D eigenvalue weighted by atomic mass is 16.6. The van der Waals surface area contributed by atoms with E-state index in [2.05, 4.69) is 0 Å². The van der Waals surface area contributed by atoms with Crippen LogP contribution in [0.5, 0.6) is 11.5 Å². The quantitative estimate of drug-likeness (QED) is 0.367. The maximum Gasteiger partial charge on any atom is 0.308 e. The predicted octanol–water partition coefficient (Wildman–Crippen LogP) is -0.0672. The van der Waals surface area contributed by atoms with Gasteiger partial charge in [-0.2, -0.15) is 0 Å². The topological polar surface area (TPSA) is 61.6 Å². The summed E-state index contributed by atoms with van der Waals surface area (Å²) in [5.74, 6) is 0.727. The molecule has 0 radical (unpaired) electrons. The van der Waals surface area contributed by atoms with Crippen molar-refractivity contribution in [1.82, 2.24) is 0 Å². The molecular weight excluding hydrogens is 197 g/mol. The Balaban J connectivity index is 2.68. The van der Waals surface area contributed by atoms with E-state index in [4.69, 9.17) is 9.47 Å². The first-order valence-corrected chi connectivity index (χ1v) is 4.65. The van der Waals surface area contributed by atoms with Gasteiger partial charge in [0.05, 0.1) is 4.92 Å². The van der Waals surface area contributed by atoms with Gasteiger partial charge in [-0.05, 0) is 24.0 Å². The van der Waals surface area contributed by atoms with E-state index in [1.807, 2.05) is 6.92 Å². The third-order valence-corrected chi connectivity index (χ3v) is 2.50. The Hall–Kier alpha value is -1.72. The molecular formula is C9H10BNO4. The van der Waals surface area contributed by atoms with Crippen molar-refractivity contribution in [2.45, 2.75) is 6.92 Å². The molecule has 0 fully saturated rings. The van der Waals surface area contributed by atoms with Gasteiger partial charge in [0, 0.05) is 0 Å². The highest BCUT2D eigenvalue weighted by molar-refractivity contribution is 6.36. The summed E-state index contributed by atoms with van der Waals surface area (Å²) >= 11 is 0. The summed E-state index contributed by atoms with van der Waals surface area (Å²) in [7, 11) is 1.71. The maximum atomic E-state index is 10.9. The SMILES string of the molecule is Bc1c(C)cc2c(c1[N+](=O)[O-])OCCO2. The van der Waals surface area contributed by atoms with Crippen molar-refractivity contribution in [3.8, 4) is 11.5 Å². The molecule has 0 bridgehead atoms. The van der Waals surface area contributed by atoms with E-state index in [9.17, 15) is 10.1 Å². The van der Waals surface area contributed by atoms with Crippen molar-refractivity contribution in [2.75, 3.05) is 13.2 Å². The van der Waals surface area contributed by atoms with E-state index in [0.29, 0.717) is 24.4 Å². The van der Waals surface area contributed by atoms with Gasteiger partial charge in [-0.3, -0.25) is 10.1 Å². The van der Waals surface area contributed by atoms with Crippen LogP contribution in [-0.4, -0.2) is 26.0 Å². The highest BCUT2D eigenvalue weighted by Crippen LogP contribution is 2.38. The molecule has 1 aromatic carbocycles. The van der Waals surface area contributed by atoms with Crippen LogP contribution in [0.15, 0.2) is 6.07 Å². The molecule has 1 aliphatic rings. The summed E-state index contributed by atoms with van der Waals surface area (Å²) in [5, 5.41) is 10.9. The Kier molecular flexibility index (Phi) is 2.26. The lowest BCUT2D eigenvalue weighted by molar-refractivity contribution is -0.384. The molecule has 0 saturated heterocycles. The molecule has 0 atom stereocenters. The molecule has 1 aromatic rings. The van der Waals surface area contributed by atoms with Gasteiger partial charge in [0.25, 0.3) is 0 Å². The normalized spacial score (nSPS) is 13.7. The molecule has 0 aliphatic carbocycles. The van der Waals surface area contributed by atoms with E-state index >= 15 is 0 Å². The Bertz CT molecular complexity index is 433. The van der Waals surface area contributed by atoms with Crippen LogP contribution >= 0.6 is 0 Å². The third kappa shape index (κ3) is 1.52. The standard InChI is InChI=1S/C9H10BNO4/c1-5-4-6-9(15-3-2-14-6)8(7(5)10)11(12)13/h4H,2-3,10H2,1H3. The minimum Gasteiger partial charge on any atom is -0.486 e. The zero-order chi connectivity index (χ0) is 11.0. The monoisotopic (exact) mass is 207 g/mol. The van der Waals surface area contributed by atoms with Gasteiger partial charge in [0.1, 0.15) is 21.1 Å². The zero-order valence-electron chi connectivity index (χ0n) is 8.57. The number of nitro benzene ring substituents is 1. The van der Waals surface area contributed by atoms with Crippen molar-refractivity contribution in [2.24, 2.45) is 0 Å². The first kappa shape index (κ1) is 9.83. The Morgan fingerprint density at radius 1 is 1.47 bits per heavy atom. The average molecular weight is 207 g/mol. The molecule has 0 saturated carbocycles. The minimum absolute atomic E-state index is 0.0182. The second-order valence-corrected chi connectivity index (χ2v) is 3.45. The number of aryl methyl sites for hydroxylation is 1. The van der Waals surface area contributed by atoms with Gasteiger partial charge in [0.15, 0.2) is 5.75 Å². The number of benzene rings is 1. The molecule has 5 nitrogen and oxygen atoms in total. The molecule has 0 amide bonds.